The van der Waals surface area contributed by atoms with E-state index in [2.05, 4.69) is 5.73 Å². The van der Waals surface area contributed by atoms with Crippen LogP contribution in [0.4, 0.5) is 0 Å². The van der Waals surface area contributed by atoms with Crippen LogP contribution in [0.15, 0.2) is 52.8 Å². The molecule has 0 aromatic heterocycles. The highest BCUT2D eigenvalue weighted by molar-refractivity contribution is 6.02. The third kappa shape index (κ3) is 1.04. The molecule has 0 aromatic carbocycles. The summed E-state index contributed by atoms with van der Waals surface area (Å²) < 4.78 is 0. The second-order valence-corrected chi connectivity index (χ2v) is 2.66. The van der Waals surface area contributed by atoms with E-state index in [1.54, 1.807) is 0 Å². The molecule has 2 aliphatic carbocycles. The van der Waals surface area contributed by atoms with Crippen molar-refractivity contribution in [1.82, 2.24) is 0 Å². The summed E-state index contributed by atoms with van der Waals surface area (Å²) in [6.07, 6.45) is 9.50. The number of nitrogens with two attached hydrogens (primary N) is 1. The lowest BCUT2D eigenvalue weighted by molar-refractivity contribution is 1.41. The number of hydrogen-bond donors (Lipinski definition) is 2. The topological polar surface area (TPSA) is 49.9 Å². The monoisotopic (exact) mass is 156 g/mol. The molecule has 0 heterocycles. The van der Waals surface area contributed by atoms with Gasteiger partial charge in [-0.05, 0) is 17.7 Å². The Labute approximate surface area is 70.6 Å². The fourth-order valence-electron chi connectivity index (χ4n) is 1.15. The Morgan fingerprint density at radius 3 is 2.50 bits per heavy atom. The molecule has 0 bridgehead atoms. The number of hydrogen-bond acceptors (Lipinski definition) is 1. The quantitative estimate of drug-likeness (QED) is 0.355. The van der Waals surface area contributed by atoms with Gasteiger partial charge in [-0.15, -0.1) is 5.73 Å². The minimum atomic E-state index is 0.109. The molecule has 3 N–H and O–H groups in total. The summed E-state index contributed by atoms with van der Waals surface area (Å²) in [4.78, 5) is 0. The summed E-state index contributed by atoms with van der Waals surface area (Å²) in [7, 11) is 0. The molecule has 0 radical (unpaired) electrons. The van der Waals surface area contributed by atoms with Crippen LogP contribution < -0.4 is 5.73 Å². The first-order chi connectivity index (χ1) is 5.79. The SMILES string of the molecule is N=C(N)C(C1=C=CC=C1)=C1C=C1. The van der Waals surface area contributed by atoms with Gasteiger partial charge < -0.3 is 5.73 Å². The van der Waals surface area contributed by atoms with Crippen LogP contribution in [-0.2, 0) is 0 Å². The first-order valence-corrected chi connectivity index (χ1v) is 3.69. The second-order valence-electron chi connectivity index (χ2n) is 2.66. The maximum Gasteiger partial charge on any atom is 0.124 e. The Morgan fingerprint density at radius 1 is 1.33 bits per heavy atom. The van der Waals surface area contributed by atoms with Crippen LogP contribution >= 0.6 is 0 Å². The molecule has 0 saturated heterocycles. The van der Waals surface area contributed by atoms with E-state index in [9.17, 15) is 0 Å². The summed E-state index contributed by atoms with van der Waals surface area (Å²) in [5, 5.41) is 7.36. The first-order valence-electron chi connectivity index (χ1n) is 3.69. The highest BCUT2D eigenvalue weighted by Gasteiger charge is 2.15. The van der Waals surface area contributed by atoms with Crippen molar-refractivity contribution in [2.75, 3.05) is 0 Å². The Bertz CT molecular complexity index is 392. The van der Waals surface area contributed by atoms with Crippen molar-refractivity contribution in [3.63, 3.8) is 0 Å². The zero-order valence-electron chi connectivity index (χ0n) is 6.46. The lowest BCUT2D eigenvalue weighted by atomic mass is 10.1. The molecule has 0 atom stereocenters. The summed E-state index contributed by atoms with van der Waals surface area (Å²) in [5.74, 6) is 0.109. The van der Waals surface area contributed by atoms with E-state index in [0.717, 1.165) is 16.7 Å². The number of rotatable bonds is 2. The van der Waals surface area contributed by atoms with Gasteiger partial charge in [0.15, 0.2) is 0 Å². The minimum Gasteiger partial charge on any atom is -0.384 e. The third-order valence-corrected chi connectivity index (χ3v) is 1.76. The van der Waals surface area contributed by atoms with Crippen molar-refractivity contribution >= 4 is 5.84 Å². The molecular formula is C10H8N2. The molecule has 0 unspecified atom stereocenters. The molecular weight excluding hydrogens is 148 g/mol. The van der Waals surface area contributed by atoms with Gasteiger partial charge in [-0.25, -0.2) is 0 Å². The summed E-state index contributed by atoms with van der Waals surface area (Å²) in [6, 6.07) is 0. The normalized spacial score (nSPS) is 16.7. The van der Waals surface area contributed by atoms with Gasteiger partial charge in [0.25, 0.3) is 0 Å². The lowest BCUT2D eigenvalue weighted by Gasteiger charge is -2.01. The Balaban J connectivity index is 2.43. The fourth-order valence-corrected chi connectivity index (χ4v) is 1.15. The zero-order chi connectivity index (χ0) is 8.55. The molecule has 58 valence electrons. The molecule has 0 spiro atoms. The zero-order valence-corrected chi connectivity index (χ0v) is 6.46. The van der Waals surface area contributed by atoms with Gasteiger partial charge in [-0.2, -0.15) is 0 Å². The van der Waals surface area contributed by atoms with Gasteiger partial charge in [0.2, 0.25) is 0 Å². The van der Waals surface area contributed by atoms with Gasteiger partial charge >= 0.3 is 0 Å². The van der Waals surface area contributed by atoms with E-state index in [4.69, 9.17) is 11.1 Å². The standard InChI is InChI=1S/C10H8N2/c11-10(12)9(8-5-6-8)7-3-1-2-4-7/h1-3,5-6H,(H3,11,12). The second kappa shape index (κ2) is 2.36. The fraction of sp³-hybridized carbons (Fsp3) is 0. The average molecular weight is 156 g/mol. The predicted molar refractivity (Wildman–Crippen MR) is 48.8 cm³/mol. The molecule has 0 fully saturated rings. The van der Waals surface area contributed by atoms with Crippen LogP contribution in [0, 0.1) is 5.41 Å². The minimum absolute atomic E-state index is 0.109. The lowest BCUT2D eigenvalue weighted by Crippen LogP contribution is -2.14. The predicted octanol–water partition coefficient (Wildman–Crippen LogP) is 1.44. The number of allylic oxidation sites excluding steroid dienone is 5. The molecule has 2 heteroatoms. The van der Waals surface area contributed by atoms with E-state index in [0.29, 0.717) is 0 Å². The molecule has 2 nitrogen and oxygen atoms in total. The molecule has 0 aliphatic heterocycles. The Kier molecular flexibility index (Phi) is 1.36. The van der Waals surface area contributed by atoms with Crippen molar-refractivity contribution in [2.45, 2.75) is 0 Å². The maximum absolute atomic E-state index is 7.36. The van der Waals surface area contributed by atoms with Crippen molar-refractivity contribution in [2.24, 2.45) is 5.73 Å². The molecule has 2 aliphatic rings. The molecule has 12 heavy (non-hydrogen) atoms. The van der Waals surface area contributed by atoms with Crippen molar-refractivity contribution < 1.29 is 0 Å². The van der Waals surface area contributed by atoms with E-state index in [-0.39, 0.29) is 5.84 Å². The van der Waals surface area contributed by atoms with Gasteiger partial charge in [-0.3, -0.25) is 5.41 Å². The van der Waals surface area contributed by atoms with Crippen molar-refractivity contribution in [3.8, 4) is 0 Å². The van der Waals surface area contributed by atoms with Crippen LogP contribution in [0.2, 0.25) is 0 Å². The van der Waals surface area contributed by atoms with Crippen LogP contribution in [-0.4, -0.2) is 5.84 Å². The van der Waals surface area contributed by atoms with Gasteiger partial charge in [0.1, 0.15) is 5.84 Å². The Morgan fingerprint density at radius 2 is 2.08 bits per heavy atom. The van der Waals surface area contributed by atoms with Gasteiger partial charge in [0.05, 0.1) is 0 Å². The molecule has 0 amide bonds. The van der Waals surface area contributed by atoms with E-state index < -0.39 is 0 Å². The highest BCUT2D eigenvalue weighted by Crippen LogP contribution is 2.26. The van der Waals surface area contributed by atoms with Crippen LogP contribution in [0.3, 0.4) is 0 Å². The van der Waals surface area contributed by atoms with Crippen LogP contribution in [0.5, 0.6) is 0 Å². The summed E-state index contributed by atoms with van der Waals surface area (Å²) in [6.45, 7) is 0. The van der Waals surface area contributed by atoms with E-state index in [1.807, 2.05) is 30.4 Å². The van der Waals surface area contributed by atoms with Crippen molar-refractivity contribution in [1.29, 1.82) is 5.41 Å². The average Bonchev–Trinajstić information content (AvgIpc) is 2.65. The summed E-state index contributed by atoms with van der Waals surface area (Å²) >= 11 is 0. The van der Waals surface area contributed by atoms with Gasteiger partial charge in [-0.1, -0.05) is 18.2 Å². The Hall–Kier alpha value is -1.79. The molecule has 2 rings (SSSR count). The first kappa shape index (κ1) is 6.89. The van der Waals surface area contributed by atoms with Crippen LogP contribution in [0.25, 0.3) is 0 Å². The molecule has 0 saturated carbocycles. The summed E-state index contributed by atoms with van der Waals surface area (Å²) in [5.41, 5.74) is 11.2. The number of amidine groups is 1. The third-order valence-electron chi connectivity index (χ3n) is 1.76. The van der Waals surface area contributed by atoms with E-state index in [1.165, 1.54) is 0 Å². The van der Waals surface area contributed by atoms with Gasteiger partial charge in [0, 0.05) is 11.1 Å². The highest BCUT2D eigenvalue weighted by atomic mass is 14.7. The van der Waals surface area contributed by atoms with Crippen LogP contribution in [0.1, 0.15) is 0 Å². The van der Waals surface area contributed by atoms with E-state index >= 15 is 0 Å². The largest absolute Gasteiger partial charge is 0.384 e. The number of nitrogens with one attached hydrogen (secondary N) is 1. The van der Waals surface area contributed by atoms with Crippen molar-refractivity contribution in [3.05, 3.63) is 52.8 Å². The maximum atomic E-state index is 7.36. The molecule has 0 aromatic rings. The smallest absolute Gasteiger partial charge is 0.124 e.